The molecule has 19 heavy (non-hydrogen) atoms. The highest BCUT2D eigenvalue weighted by Crippen LogP contribution is 2.34. The predicted molar refractivity (Wildman–Crippen MR) is 76.7 cm³/mol. The van der Waals surface area contributed by atoms with Gasteiger partial charge >= 0.3 is 0 Å². The number of hydrogen-bond donors (Lipinski definition) is 3. The van der Waals surface area contributed by atoms with Crippen molar-refractivity contribution >= 4 is 29.1 Å². The van der Waals surface area contributed by atoms with Crippen molar-refractivity contribution in [1.29, 1.82) is 0 Å². The van der Waals surface area contributed by atoms with Crippen molar-refractivity contribution in [1.82, 2.24) is 19.7 Å². The molecule has 0 aliphatic rings. The zero-order chi connectivity index (χ0) is 14.2. The molecule has 2 aromatic rings. The van der Waals surface area contributed by atoms with Crippen LogP contribution in [0.1, 0.15) is 25.5 Å². The van der Waals surface area contributed by atoms with E-state index in [9.17, 15) is 0 Å². The average Bonchev–Trinajstić information content (AvgIpc) is 2.56. The van der Waals surface area contributed by atoms with Crippen molar-refractivity contribution in [3.63, 3.8) is 0 Å². The molecule has 0 radical (unpaired) electrons. The van der Waals surface area contributed by atoms with E-state index in [1.807, 2.05) is 20.9 Å². The first-order valence-electron chi connectivity index (χ1n) is 5.78. The van der Waals surface area contributed by atoms with Gasteiger partial charge < -0.3 is 17.2 Å². The maximum Gasteiger partial charge on any atom is 0.197 e. The molecule has 6 N–H and O–H groups in total. The van der Waals surface area contributed by atoms with Crippen LogP contribution < -0.4 is 17.2 Å². The van der Waals surface area contributed by atoms with Crippen LogP contribution in [0.4, 0.5) is 17.3 Å². The Hall–Kier alpha value is -1.96. The van der Waals surface area contributed by atoms with Gasteiger partial charge in [-0.1, -0.05) is 13.8 Å². The number of anilines is 3. The lowest BCUT2D eigenvalue weighted by Gasteiger charge is -2.04. The van der Waals surface area contributed by atoms with E-state index in [1.54, 1.807) is 4.68 Å². The molecular formula is C11H17N7S. The van der Waals surface area contributed by atoms with E-state index in [0.717, 1.165) is 10.7 Å². The van der Waals surface area contributed by atoms with Crippen molar-refractivity contribution in [2.45, 2.75) is 29.9 Å². The van der Waals surface area contributed by atoms with E-state index >= 15 is 0 Å². The standard InChI is InChI=1S/C11H17N7S/c1-5(2)9-8(14)10(18(3)17-9)19-11-15-6(12)4-7(13)16-11/h4-5H,14H2,1-3H3,(H4,12,13,15,16). The summed E-state index contributed by atoms with van der Waals surface area (Å²) >= 11 is 1.30. The summed E-state index contributed by atoms with van der Waals surface area (Å²) < 4.78 is 1.72. The number of nitrogen functional groups attached to an aromatic ring is 3. The van der Waals surface area contributed by atoms with Crippen LogP contribution >= 0.6 is 11.8 Å². The number of aryl methyl sites for hydroxylation is 1. The van der Waals surface area contributed by atoms with Crippen LogP contribution in [0.2, 0.25) is 0 Å². The van der Waals surface area contributed by atoms with Crippen LogP contribution in [0, 0.1) is 0 Å². The third kappa shape index (κ3) is 2.73. The first kappa shape index (κ1) is 13.5. The van der Waals surface area contributed by atoms with Gasteiger partial charge in [0.2, 0.25) is 0 Å². The van der Waals surface area contributed by atoms with Gasteiger partial charge in [0.25, 0.3) is 0 Å². The van der Waals surface area contributed by atoms with Crippen LogP contribution in [-0.4, -0.2) is 19.7 Å². The second kappa shape index (κ2) is 4.96. The maximum atomic E-state index is 6.11. The minimum Gasteiger partial charge on any atom is -0.395 e. The van der Waals surface area contributed by atoms with E-state index in [2.05, 4.69) is 15.1 Å². The Morgan fingerprint density at radius 3 is 2.21 bits per heavy atom. The Morgan fingerprint density at radius 1 is 1.16 bits per heavy atom. The monoisotopic (exact) mass is 279 g/mol. The molecule has 0 unspecified atom stereocenters. The van der Waals surface area contributed by atoms with Crippen LogP contribution in [0.3, 0.4) is 0 Å². The molecule has 0 bridgehead atoms. The first-order chi connectivity index (χ1) is 8.88. The molecule has 2 aromatic heterocycles. The Morgan fingerprint density at radius 2 is 1.74 bits per heavy atom. The summed E-state index contributed by atoms with van der Waals surface area (Å²) in [5, 5.41) is 5.65. The van der Waals surface area contributed by atoms with E-state index in [-0.39, 0.29) is 5.92 Å². The lowest BCUT2D eigenvalue weighted by atomic mass is 10.1. The van der Waals surface area contributed by atoms with Gasteiger partial charge in [-0.05, 0) is 17.7 Å². The topological polar surface area (TPSA) is 122 Å². The number of nitrogens with two attached hydrogens (primary N) is 3. The van der Waals surface area contributed by atoms with Gasteiger partial charge in [0.1, 0.15) is 16.7 Å². The van der Waals surface area contributed by atoms with E-state index in [4.69, 9.17) is 17.2 Å². The van der Waals surface area contributed by atoms with Crippen LogP contribution in [0.25, 0.3) is 0 Å². The highest BCUT2D eigenvalue weighted by atomic mass is 32.2. The minimum absolute atomic E-state index is 0.257. The molecule has 0 aromatic carbocycles. The third-order valence-electron chi connectivity index (χ3n) is 2.54. The Labute approximate surface area is 115 Å². The molecule has 0 amide bonds. The fraction of sp³-hybridized carbons (Fsp3) is 0.364. The Balaban J connectivity index is 2.38. The molecule has 0 saturated carbocycles. The molecule has 0 fully saturated rings. The van der Waals surface area contributed by atoms with E-state index < -0.39 is 0 Å². The maximum absolute atomic E-state index is 6.11. The third-order valence-corrected chi connectivity index (χ3v) is 3.58. The lowest BCUT2D eigenvalue weighted by molar-refractivity contribution is 0.670. The van der Waals surface area contributed by atoms with Gasteiger partial charge in [-0.25, -0.2) is 9.97 Å². The zero-order valence-corrected chi connectivity index (χ0v) is 11.9. The van der Waals surface area contributed by atoms with Gasteiger partial charge in [0.15, 0.2) is 5.16 Å². The van der Waals surface area contributed by atoms with Crippen LogP contribution in [0.15, 0.2) is 16.2 Å². The smallest absolute Gasteiger partial charge is 0.197 e. The fourth-order valence-corrected chi connectivity index (χ4v) is 2.55. The normalized spacial score (nSPS) is 11.2. The predicted octanol–water partition coefficient (Wildman–Crippen LogP) is 1.23. The number of nitrogens with zero attached hydrogens (tertiary/aromatic N) is 4. The minimum atomic E-state index is 0.257. The van der Waals surface area contributed by atoms with Crippen molar-refractivity contribution < 1.29 is 0 Å². The largest absolute Gasteiger partial charge is 0.395 e. The first-order valence-corrected chi connectivity index (χ1v) is 6.60. The average molecular weight is 279 g/mol. The second-order valence-corrected chi connectivity index (χ2v) is 5.44. The summed E-state index contributed by atoms with van der Waals surface area (Å²) in [6, 6.07) is 1.51. The summed E-state index contributed by atoms with van der Waals surface area (Å²) in [4.78, 5) is 8.24. The molecule has 2 rings (SSSR count). The Bertz CT molecular complexity index is 585. The molecule has 7 nitrogen and oxygen atoms in total. The van der Waals surface area contributed by atoms with Gasteiger partial charge in [-0.2, -0.15) is 5.10 Å². The highest BCUT2D eigenvalue weighted by Gasteiger charge is 2.18. The SMILES string of the molecule is CC(C)c1nn(C)c(Sc2nc(N)cc(N)n2)c1N. The second-order valence-electron chi connectivity index (χ2n) is 4.48. The molecule has 0 spiro atoms. The summed E-state index contributed by atoms with van der Waals surface area (Å²) in [6.07, 6.45) is 0. The fourth-order valence-electron chi connectivity index (χ4n) is 1.69. The van der Waals surface area contributed by atoms with E-state index in [0.29, 0.717) is 22.5 Å². The molecule has 0 atom stereocenters. The quantitative estimate of drug-likeness (QED) is 0.722. The summed E-state index contributed by atoms with van der Waals surface area (Å²) in [6.45, 7) is 4.09. The summed E-state index contributed by atoms with van der Waals surface area (Å²) in [5.41, 5.74) is 18.9. The van der Waals surface area contributed by atoms with Crippen molar-refractivity contribution in [3.8, 4) is 0 Å². The lowest BCUT2D eigenvalue weighted by Crippen LogP contribution is -2.01. The van der Waals surface area contributed by atoms with Gasteiger partial charge in [0.05, 0.1) is 11.4 Å². The number of aromatic nitrogens is 4. The Kier molecular flexibility index (Phi) is 3.52. The molecule has 8 heteroatoms. The van der Waals surface area contributed by atoms with Crippen molar-refractivity contribution in [2.75, 3.05) is 17.2 Å². The van der Waals surface area contributed by atoms with E-state index in [1.165, 1.54) is 17.8 Å². The van der Waals surface area contributed by atoms with Crippen molar-refractivity contribution in [3.05, 3.63) is 11.8 Å². The van der Waals surface area contributed by atoms with Gasteiger partial charge in [-0.15, -0.1) is 0 Å². The molecule has 0 saturated heterocycles. The van der Waals surface area contributed by atoms with Gasteiger partial charge in [0, 0.05) is 13.1 Å². The highest BCUT2D eigenvalue weighted by molar-refractivity contribution is 7.99. The molecular weight excluding hydrogens is 262 g/mol. The van der Waals surface area contributed by atoms with Crippen LogP contribution in [-0.2, 0) is 7.05 Å². The molecule has 102 valence electrons. The van der Waals surface area contributed by atoms with Crippen LogP contribution in [0.5, 0.6) is 0 Å². The summed E-state index contributed by atoms with van der Waals surface area (Å²) in [7, 11) is 1.83. The van der Waals surface area contributed by atoms with Crippen molar-refractivity contribution in [2.24, 2.45) is 7.05 Å². The zero-order valence-electron chi connectivity index (χ0n) is 11.1. The molecule has 2 heterocycles. The van der Waals surface area contributed by atoms with Gasteiger partial charge in [-0.3, -0.25) is 4.68 Å². The summed E-state index contributed by atoms with van der Waals surface area (Å²) in [5.74, 6) is 0.923. The molecule has 0 aliphatic heterocycles. The number of hydrogen-bond acceptors (Lipinski definition) is 7. The number of rotatable bonds is 3. The molecule has 0 aliphatic carbocycles.